The molecule has 0 radical (unpaired) electrons. The first-order valence-corrected chi connectivity index (χ1v) is 5.23. The van der Waals surface area contributed by atoms with Gasteiger partial charge in [-0.1, -0.05) is 6.42 Å². The number of hydrogen-bond donors (Lipinski definition) is 1. The molecule has 1 fully saturated rings. The van der Waals surface area contributed by atoms with Gasteiger partial charge in [-0.2, -0.15) is 5.10 Å². The van der Waals surface area contributed by atoms with Gasteiger partial charge in [-0.25, -0.2) is 4.98 Å². The van der Waals surface area contributed by atoms with E-state index in [1.54, 1.807) is 18.7 Å². The third-order valence-corrected chi connectivity index (χ3v) is 3.04. The highest BCUT2D eigenvalue weighted by molar-refractivity contribution is 5.74. The van der Waals surface area contributed by atoms with Gasteiger partial charge in [0.15, 0.2) is 5.82 Å². The molecule has 2 rings (SSSR count). The van der Waals surface area contributed by atoms with Gasteiger partial charge in [-0.3, -0.25) is 9.48 Å². The Morgan fingerprint density at radius 2 is 2.27 bits per heavy atom. The maximum absolute atomic E-state index is 10.8. The summed E-state index contributed by atoms with van der Waals surface area (Å²) in [5, 5.41) is 13.2. The van der Waals surface area contributed by atoms with Crippen LogP contribution in [0.5, 0.6) is 0 Å². The highest BCUT2D eigenvalue weighted by Crippen LogP contribution is 2.34. The highest BCUT2D eigenvalue weighted by Gasteiger charge is 2.27. The second-order valence-corrected chi connectivity index (χ2v) is 4.14. The normalized spacial score (nSPS) is 18.5. The van der Waals surface area contributed by atoms with Crippen molar-refractivity contribution in [2.24, 2.45) is 7.05 Å². The molecular formula is C10H15N3O2. The van der Waals surface area contributed by atoms with E-state index >= 15 is 0 Å². The van der Waals surface area contributed by atoms with Crippen LogP contribution in [-0.2, 0) is 11.8 Å². The Hall–Kier alpha value is -1.39. The lowest BCUT2D eigenvalue weighted by molar-refractivity contribution is -0.138. The summed E-state index contributed by atoms with van der Waals surface area (Å²) in [5.74, 6) is 0.365. The zero-order valence-corrected chi connectivity index (χ0v) is 8.97. The minimum atomic E-state index is -0.856. The van der Waals surface area contributed by atoms with E-state index in [0.29, 0.717) is 11.7 Å². The van der Waals surface area contributed by atoms with Crippen molar-refractivity contribution in [3.63, 3.8) is 0 Å². The van der Waals surface area contributed by atoms with Gasteiger partial charge in [0.25, 0.3) is 0 Å². The van der Waals surface area contributed by atoms with Crippen LogP contribution in [-0.4, -0.2) is 25.8 Å². The van der Waals surface area contributed by atoms with E-state index in [2.05, 4.69) is 10.1 Å². The van der Waals surface area contributed by atoms with Crippen LogP contribution in [0, 0.1) is 0 Å². The summed E-state index contributed by atoms with van der Waals surface area (Å²) in [6.45, 7) is 1.64. The molecule has 1 atom stereocenters. The lowest BCUT2D eigenvalue weighted by atomic mass is 9.85. The predicted octanol–water partition coefficient (Wildman–Crippen LogP) is 1.27. The van der Waals surface area contributed by atoms with Crippen molar-refractivity contribution in [3.8, 4) is 0 Å². The van der Waals surface area contributed by atoms with Gasteiger partial charge < -0.3 is 5.11 Å². The first kappa shape index (κ1) is 10.1. The summed E-state index contributed by atoms with van der Waals surface area (Å²) < 4.78 is 1.59. The van der Waals surface area contributed by atoms with E-state index in [1.807, 2.05) is 0 Å². The molecule has 0 saturated heterocycles. The number of rotatable bonds is 3. The van der Waals surface area contributed by atoms with Crippen LogP contribution < -0.4 is 0 Å². The van der Waals surface area contributed by atoms with Crippen molar-refractivity contribution >= 4 is 5.97 Å². The van der Waals surface area contributed by atoms with Crippen molar-refractivity contribution in [2.45, 2.75) is 38.0 Å². The average Bonchev–Trinajstić information content (AvgIpc) is 2.42. The van der Waals surface area contributed by atoms with Gasteiger partial charge in [-0.15, -0.1) is 0 Å². The van der Waals surface area contributed by atoms with Crippen molar-refractivity contribution in [2.75, 3.05) is 0 Å². The Labute approximate surface area is 88.1 Å². The minimum Gasteiger partial charge on any atom is -0.481 e. The number of nitrogens with zero attached hydrogens (tertiary/aromatic N) is 3. The monoisotopic (exact) mass is 209 g/mol. The molecule has 5 nitrogen and oxygen atoms in total. The van der Waals surface area contributed by atoms with Crippen LogP contribution >= 0.6 is 0 Å². The molecule has 82 valence electrons. The number of aryl methyl sites for hydroxylation is 1. The Balaban J connectivity index is 2.24. The average molecular weight is 209 g/mol. The number of aliphatic carboxylic acids is 1. The number of carboxylic acids is 1. The van der Waals surface area contributed by atoms with Crippen molar-refractivity contribution in [1.82, 2.24) is 14.8 Å². The van der Waals surface area contributed by atoms with Crippen LogP contribution in [0.1, 0.15) is 49.7 Å². The molecule has 1 N–H and O–H groups in total. The molecule has 15 heavy (non-hydrogen) atoms. The van der Waals surface area contributed by atoms with E-state index in [-0.39, 0.29) is 0 Å². The summed E-state index contributed by atoms with van der Waals surface area (Å²) in [6, 6.07) is 0. The molecule has 5 heteroatoms. The number of carbonyl (C=O) groups is 1. The number of hydrogen-bond acceptors (Lipinski definition) is 3. The Morgan fingerprint density at radius 3 is 2.73 bits per heavy atom. The summed E-state index contributed by atoms with van der Waals surface area (Å²) in [5.41, 5.74) is 0. The Kier molecular flexibility index (Phi) is 2.46. The molecule has 0 aliphatic heterocycles. The Bertz CT molecular complexity index is 382. The second-order valence-electron chi connectivity index (χ2n) is 4.14. The summed E-state index contributed by atoms with van der Waals surface area (Å²) in [7, 11) is 1.75. The lowest BCUT2D eigenvalue weighted by Crippen LogP contribution is -2.13. The van der Waals surface area contributed by atoms with Crippen LogP contribution in [0.4, 0.5) is 0 Å². The lowest BCUT2D eigenvalue weighted by Gasteiger charge is -2.21. The largest absolute Gasteiger partial charge is 0.481 e. The van der Waals surface area contributed by atoms with E-state index in [4.69, 9.17) is 5.11 Å². The number of aromatic nitrogens is 3. The fourth-order valence-electron chi connectivity index (χ4n) is 1.74. The van der Waals surface area contributed by atoms with Gasteiger partial charge in [0.05, 0.1) is 0 Å². The molecule has 0 spiro atoms. The van der Waals surface area contributed by atoms with Gasteiger partial charge >= 0.3 is 5.97 Å². The molecule has 0 bridgehead atoms. The standard InChI is InChI=1S/C10H15N3O2/c1-6(10(14)15)9-11-8(12-13(9)2)7-4-3-5-7/h6-7H,3-5H2,1-2H3,(H,14,15). The van der Waals surface area contributed by atoms with Gasteiger partial charge in [-0.05, 0) is 19.8 Å². The zero-order valence-electron chi connectivity index (χ0n) is 8.97. The third kappa shape index (κ3) is 1.73. The van der Waals surface area contributed by atoms with E-state index in [0.717, 1.165) is 18.7 Å². The molecule has 1 aromatic rings. The van der Waals surface area contributed by atoms with Gasteiger partial charge in [0, 0.05) is 13.0 Å². The van der Waals surface area contributed by atoms with E-state index in [1.165, 1.54) is 6.42 Å². The molecule has 1 aliphatic carbocycles. The first-order chi connectivity index (χ1) is 7.09. The van der Waals surface area contributed by atoms with E-state index < -0.39 is 11.9 Å². The maximum atomic E-state index is 10.8. The van der Waals surface area contributed by atoms with Crippen LogP contribution in [0.2, 0.25) is 0 Å². The molecule has 1 aliphatic rings. The Morgan fingerprint density at radius 1 is 1.60 bits per heavy atom. The van der Waals surface area contributed by atoms with Gasteiger partial charge in [0.1, 0.15) is 11.7 Å². The predicted molar refractivity (Wildman–Crippen MR) is 53.6 cm³/mol. The minimum absolute atomic E-state index is 0.450. The van der Waals surface area contributed by atoms with Crippen LogP contribution in [0.15, 0.2) is 0 Å². The summed E-state index contributed by atoms with van der Waals surface area (Å²) in [4.78, 5) is 15.2. The summed E-state index contributed by atoms with van der Waals surface area (Å²) in [6.07, 6.45) is 3.49. The highest BCUT2D eigenvalue weighted by atomic mass is 16.4. The molecular weight excluding hydrogens is 194 g/mol. The molecule has 1 saturated carbocycles. The first-order valence-electron chi connectivity index (χ1n) is 5.23. The van der Waals surface area contributed by atoms with Crippen LogP contribution in [0.25, 0.3) is 0 Å². The zero-order chi connectivity index (χ0) is 11.0. The molecule has 0 amide bonds. The van der Waals surface area contributed by atoms with Crippen molar-refractivity contribution in [1.29, 1.82) is 0 Å². The summed E-state index contributed by atoms with van der Waals surface area (Å²) >= 11 is 0. The fourth-order valence-corrected chi connectivity index (χ4v) is 1.74. The van der Waals surface area contributed by atoms with Crippen molar-refractivity contribution in [3.05, 3.63) is 11.6 Å². The molecule has 1 aromatic heterocycles. The fraction of sp³-hybridized carbons (Fsp3) is 0.700. The van der Waals surface area contributed by atoms with Gasteiger partial charge in [0.2, 0.25) is 0 Å². The molecule has 1 unspecified atom stereocenters. The van der Waals surface area contributed by atoms with E-state index in [9.17, 15) is 4.79 Å². The second kappa shape index (κ2) is 3.64. The van der Waals surface area contributed by atoms with Crippen LogP contribution in [0.3, 0.4) is 0 Å². The topological polar surface area (TPSA) is 68.0 Å². The smallest absolute Gasteiger partial charge is 0.313 e. The SMILES string of the molecule is CC(C(=O)O)c1nc(C2CCC2)nn1C. The van der Waals surface area contributed by atoms with Crippen molar-refractivity contribution < 1.29 is 9.90 Å². The molecule has 0 aromatic carbocycles. The third-order valence-electron chi connectivity index (χ3n) is 3.04. The number of carboxylic acid groups (broad SMARTS) is 1. The quantitative estimate of drug-likeness (QED) is 0.814. The maximum Gasteiger partial charge on any atom is 0.313 e. The molecule has 1 heterocycles.